The molecule has 1 spiro atoms. The second kappa shape index (κ2) is 5.69. The SMILES string of the molecule is C1=CC2c3ccccc3NC2C2=C1C1(c3ccccc32)c2ccccc2-c2ccccc21. The minimum absolute atomic E-state index is 0.239. The van der Waals surface area contributed by atoms with E-state index in [2.05, 4.69) is 115 Å². The highest BCUT2D eigenvalue weighted by Gasteiger charge is 2.55. The second-order valence-corrected chi connectivity index (χ2v) is 9.31. The Bertz CT molecular complexity index is 1470. The third-order valence-electron chi connectivity index (χ3n) is 8.04. The molecule has 0 saturated heterocycles. The summed E-state index contributed by atoms with van der Waals surface area (Å²) in [6.07, 6.45) is 4.89. The van der Waals surface area contributed by atoms with Crippen LogP contribution in [0.1, 0.15) is 33.7 Å². The maximum absolute atomic E-state index is 3.89. The van der Waals surface area contributed by atoms with E-state index in [0.29, 0.717) is 5.92 Å². The fourth-order valence-corrected chi connectivity index (χ4v) is 6.92. The third-order valence-corrected chi connectivity index (χ3v) is 8.04. The minimum atomic E-state index is -0.239. The Hall–Kier alpha value is -3.84. The predicted molar refractivity (Wildman–Crippen MR) is 131 cm³/mol. The molecule has 150 valence electrons. The van der Waals surface area contributed by atoms with Crippen LogP contribution in [0.4, 0.5) is 5.69 Å². The number of hydrogen-bond acceptors (Lipinski definition) is 1. The normalized spacial score (nSPS) is 22.0. The molecule has 1 heterocycles. The molecule has 4 aromatic carbocycles. The van der Waals surface area contributed by atoms with Gasteiger partial charge in [0.05, 0.1) is 11.5 Å². The van der Waals surface area contributed by atoms with Crippen LogP contribution in [0.25, 0.3) is 16.7 Å². The van der Waals surface area contributed by atoms with E-state index in [4.69, 9.17) is 0 Å². The molecule has 1 N–H and O–H groups in total. The van der Waals surface area contributed by atoms with E-state index in [1.165, 1.54) is 55.8 Å². The molecule has 2 atom stereocenters. The number of fused-ring (bicyclic) bond motifs is 13. The molecule has 0 aromatic heterocycles. The number of anilines is 1. The first-order valence-corrected chi connectivity index (χ1v) is 11.5. The molecule has 0 amide bonds. The summed E-state index contributed by atoms with van der Waals surface area (Å²) in [6, 6.07) is 36.2. The number of para-hydroxylation sites is 1. The molecule has 1 heteroatoms. The van der Waals surface area contributed by atoms with Gasteiger partial charge in [-0.2, -0.15) is 0 Å². The largest absolute Gasteiger partial charge is 0.377 e. The summed E-state index contributed by atoms with van der Waals surface area (Å²) >= 11 is 0. The van der Waals surface area contributed by atoms with Gasteiger partial charge in [0, 0.05) is 11.6 Å². The van der Waals surface area contributed by atoms with E-state index in [1.807, 2.05) is 0 Å². The predicted octanol–water partition coefficient (Wildman–Crippen LogP) is 6.92. The minimum Gasteiger partial charge on any atom is -0.377 e. The van der Waals surface area contributed by atoms with Crippen LogP contribution in [-0.2, 0) is 5.41 Å². The Morgan fingerprint density at radius 2 is 1.16 bits per heavy atom. The van der Waals surface area contributed by atoms with Crippen molar-refractivity contribution < 1.29 is 0 Å². The molecule has 32 heavy (non-hydrogen) atoms. The van der Waals surface area contributed by atoms with Crippen molar-refractivity contribution in [2.24, 2.45) is 0 Å². The second-order valence-electron chi connectivity index (χ2n) is 9.31. The third kappa shape index (κ3) is 1.75. The van der Waals surface area contributed by atoms with Gasteiger partial charge >= 0.3 is 0 Å². The number of nitrogens with one attached hydrogen (secondary N) is 1. The van der Waals surface area contributed by atoms with Gasteiger partial charge in [-0.25, -0.2) is 0 Å². The van der Waals surface area contributed by atoms with E-state index >= 15 is 0 Å². The Morgan fingerprint density at radius 1 is 0.594 bits per heavy atom. The van der Waals surface area contributed by atoms with Crippen molar-refractivity contribution in [2.45, 2.75) is 17.4 Å². The van der Waals surface area contributed by atoms with Crippen molar-refractivity contribution in [3.63, 3.8) is 0 Å². The van der Waals surface area contributed by atoms with Gasteiger partial charge in [0.2, 0.25) is 0 Å². The van der Waals surface area contributed by atoms with Gasteiger partial charge in [0.1, 0.15) is 0 Å². The highest BCUT2D eigenvalue weighted by atomic mass is 15.0. The average Bonchev–Trinajstić information content (AvgIpc) is 3.48. The molecule has 4 aliphatic rings. The Kier molecular flexibility index (Phi) is 2.99. The van der Waals surface area contributed by atoms with Crippen molar-refractivity contribution in [3.05, 3.63) is 143 Å². The lowest BCUT2D eigenvalue weighted by molar-refractivity contribution is 0.761. The lowest BCUT2D eigenvalue weighted by Gasteiger charge is -2.33. The van der Waals surface area contributed by atoms with Gasteiger partial charge in [-0.05, 0) is 56.2 Å². The first kappa shape index (κ1) is 16.8. The van der Waals surface area contributed by atoms with Crippen LogP contribution in [0.15, 0.2) is 115 Å². The molecule has 8 rings (SSSR count). The lowest BCUT2D eigenvalue weighted by Crippen LogP contribution is -2.29. The number of allylic oxidation sites excluding steroid dienone is 2. The molecule has 0 saturated carbocycles. The quantitative estimate of drug-likeness (QED) is 0.334. The van der Waals surface area contributed by atoms with Crippen LogP contribution in [0.3, 0.4) is 0 Å². The zero-order chi connectivity index (χ0) is 20.9. The average molecular weight is 408 g/mol. The molecule has 0 radical (unpaired) electrons. The molecule has 1 aliphatic heterocycles. The molecular formula is C31H21N. The molecule has 2 unspecified atom stereocenters. The summed E-state index contributed by atoms with van der Waals surface area (Å²) in [5.41, 5.74) is 13.7. The van der Waals surface area contributed by atoms with Crippen LogP contribution in [-0.4, -0.2) is 6.04 Å². The van der Waals surface area contributed by atoms with E-state index < -0.39 is 0 Å². The summed E-state index contributed by atoms with van der Waals surface area (Å²) in [4.78, 5) is 0. The summed E-state index contributed by atoms with van der Waals surface area (Å²) in [7, 11) is 0. The van der Waals surface area contributed by atoms with Crippen LogP contribution in [0.2, 0.25) is 0 Å². The van der Waals surface area contributed by atoms with Crippen molar-refractivity contribution in [1.82, 2.24) is 0 Å². The molecule has 3 aliphatic carbocycles. The van der Waals surface area contributed by atoms with Crippen molar-refractivity contribution >= 4 is 11.3 Å². The van der Waals surface area contributed by atoms with Crippen molar-refractivity contribution in [3.8, 4) is 11.1 Å². The van der Waals surface area contributed by atoms with Gasteiger partial charge in [0.25, 0.3) is 0 Å². The maximum Gasteiger partial charge on any atom is 0.0722 e. The maximum atomic E-state index is 3.89. The van der Waals surface area contributed by atoms with Gasteiger partial charge in [-0.15, -0.1) is 0 Å². The Morgan fingerprint density at radius 3 is 1.88 bits per heavy atom. The van der Waals surface area contributed by atoms with E-state index in [1.54, 1.807) is 0 Å². The Labute approximate surface area is 187 Å². The highest BCUT2D eigenvalue weighted by molar-refractivity contribution is 5.98. The fourth-order valence-electron chi connectivity index (χ4n) is 6.92. The number of rotatable bonds is 0. The molecule has 4 aromatic rings. The van der Waals surface area contributed by atoms with Crippen LogP contribution >= 0.6 is 0 Å². The topological polar surface area (TPSA) is 12.0 Å². The van der Waals surface area contributed by atoms with E-state index in [0.717, 1.165) is 0 Å². The summed E-state index contributed by atoms with van der Waals surface area (Å²) in [5.74, 6) is 0.375. The van der Waals surface area contributed by atoms with Crippen molar-refractivity contribution in [2.75, 3.05) is 5.32 Å². The van der Waals surface area contributed by atoms with Gasteiger partial charge < -0.3 is 5.32 Å². The van der Waals surface area contributed by atoms with Crippen molar-refractivity contribution in [1.29, 1.82) is 0 Å². The molecule has 1 nitrogen and oxygen atoms in total. The first-order valence-electron chi connectivity index (χ1n) is 11.5. The molecule has 0 bridgehead atoms. The van der Waals surface area contributed by atoms with Gasteiger partial charge in [0.15, 0.2) is 0 Å². The number of benzene rings is 4. The van der Waals surface area contributed by atoms with Crippen LogP contribution in [0.5, 0.6) is 0 Å². The monoisotopic (exact) mass is 407 g/mol. The lowest BCUT2D eigenvalue weighted by atomic mass is 9.68. The Balaban J connectivity index is 1.49. The number of hydrogen-bond donors (Lipinski definition) is 1. The first-order chi connectivity index (χ1) is 15.9. The zero-order valence-electron chi connectivity index (χ0n) is 17.5. The summed E-state index contributed by atoms with van der Waals surface area (Å²) in [5, 5.41) is 3.89. The highest BCUT2D eigenvalue weighted by Crippen LogP contribution is 2.64. The summed E-state index contributed by atoms with van der Waals surface area (Å²) in [6.45, 7) is 0. The fraction of sp³-hybridized carbons (Fsp3) is 0.0968. The van der Waals surface area contributed by atoms with Crippen LogP contribution in [0, 0.1) is 0 Å². The smallest absolute Gasteiger partial charge is 0.0722 e. The van der Waals surface area contributed by atoms with E-state index in [9.17, 15) is 0 Å². The van der Waals surface area contributed by atoms with E-state index in [-0.39, 0.29) is 11.5 Å². The zero-order valence-corrected chi connectivity index (χ0v) is 17.5. The molecule has 0 fully saturated rings. The van der Waals surface area contributed by atoms with Crippen LogP contribution < -0.4 is 5.32 Å². The molecular weight excluding hydrogens is 386 g/mol. The standard InChI is InChI=1S/C31H21N/c1-5-13-24-19(9-1)20-10-2-6-14-25(20)31(24)26-15-7-3-12-23(26)29-27(31)18-17-22-21-11-4-8-16-28(21)32-30(22)29/h1-18,22,30,32H. The summed E-state index contributed by atoms with van der Waals surface area (Å²) < 4.78 is 0. The van der Waals surface area contributed by atoms with Gasteiger partial charge in [-0.3, -0.25) is 0 Å². The van der Waals surface area contributed by atoms with Gasteiger partial charge in [-0.1, -0.05) is 103 Å².